The van der Waals surface area contributed by atoms with Crippen LogP contribution in [0.2, 0.25) is 0 Å². The number of aromatic nitrogens is 1. The number of hydrogen-bond acceptors (Lipinski definition) is 11. The van der Waals surface area contributed by atoms with Crippen LogP contribution in [0.3, 0.4) is 0 Å². The van der Waals surface area contributed by atoms with Gasteiger partial charge in [0.1, 0.15) is 30.2 Å². The van der Waals surface area contributed by atoms with E-state index in [1.54, 1.807) is 60.8 Å². The van der Waals surface area contributed by atoms with E-state index in [9.17, 15) is 53.4 Å². The van der Waals surface area contributed by atoms with Gasteiger partial charge < -0.3 is 57.7 Å². The lowest BCUT2D eigenvalue weighted by atomic mass is 10.0. The van der Waals surface area contributed by atoms with Crippen molar-refractivity contribution in [2.45, 2.75) is 81.2 Å². The van der Waals surface area contributed by atoms with E-state index in [2.05, 4.69) is 44.2 Å². The smallest absolute Gasteiger partial charge is 0.326 e. The molecule has 12 N–H and O–H groups in total. The van der Waals surface area contributed by atoms with Gasteiger partial charge in [-0.1, -0.05) is 48.5 Å². The van der Waals surface area contributed by atoms with E-state index >= 15 is 0 Å². The van der Waals surface area contributed by atoms with Gasteiger partial charge in [0.2, 0.25) is 29.5 Å². The molecule has 0 radical (unpaired) electrons. The molecule has 1 aromatic heterocycles. The number of hydrogen-bond donors (Lipinski definition) is 12. The van der Waals surface area contributed by atoms with Gasteiger partial charge in [0.25, 0.3) is 0 Å². The number of carbonyl (C=O) groups is 9. The van der Waals surface area contributed by atoms with Crippen LogP contribution in [0.1, 0.15) is 43.2 Å². The lowest BCUT2D eigenvalue weighted by Crippen LogP contribution is -2.60. The molecule has 20 nitrogen and oxygen atoms in total. The molecule has 0 aliphatic carbocycles. The minimum atomic E-state index is -1.68. The SMILES string of the molecule is N[C@@H](CC(=O)O)C(=O)N[C@@H](CCC(=O)O)C(=O)N[C@@H](CCC(=O)O)C(=O)N[C@@H](CS)C(=O)N[C@@H](Cc1c[nH]c2ccccc12)C(=O)N[C@@H](Cc1ccccc1)C(=O)O. The van der Waals surface area contributed by atoms with Crippen LogP contribution in [0.5, 0.6) is 0 Å². The molecule has 0 spiro atoms. The predicted molar refractivity (Wildman–Crippen MR) is 207 cm³/mol. The van der Waals surface area contributed by atoms with Crippen molar-refractivity contribution in [1.82, 2.24) is 31.6 Å². The highest BCUT2D eigenvalue weighted by molar-refractivity contribution is 7.80. The monoisotopic (exact) mass is 827 g/mol. The third kappa shape index (κ3) is 14.5. The number of nitrogens with two attached hydrogens (primary N) is 1. The molecule has 0 fully saturated rings. The Hall–Kier alpha value is -6.48. The number of para-hydroxylation sites is 1. The molecule has 0 bridgehead atoms. The molecule has 58 heavy (non-hydrogen) atoms. The van der Waals surface area contributed by atoms with Gasteiger partial charge >= 0.3 is 23.9 Å². The molecule has 1 heterocycles. The molecule has 21 heteroatoms. The summed E-state index contributed by atoms with van der Waals surface area (Å²) < 4.78 is 0. The summed E-state index contributed by atoms with van der Waals surface area (Å²) in [6, 6.07) is 6.34. The van der Waals surface area contributed by atoms with Crippen molar-refractivity contribution in [2.75, 3.05) is 5.75 Å². The van der Waals surface area contributed by atoms with Gasteiger partial charge in [-0.05, 0) is 30.0 Å². The summed E-state index contributed by atoms with van der Waals surface area (Å²) in [5.41, 5.74) is 7.49. The molecule has 0 saturated heterocycles. The Kier molecular flexibility index (Phi) is 17.7. The molecule has 3 rings (SSSR count). The molecule has 0 aliphatic heterocycles. The zero-order valence-electron chi connectivity index (χ0n) is 30.9. The molecule has 0 unspecified atom stereocenters. The number of carboxylic acids is 4. The van der Waals surface area contributed by atoms with Crippen molar-refractivity contribution in [3.63, 3.8) is 0 Å². The normalized spacial score (nSPS) is 14.0. The third-order valence-electron chi connectivity index (χ3n) is 8.74. The van der Waals surface area contributed by atoms with Gasteiger partial charge in [0, 0.05) is 48.5 Å². The summed E-state index contributed by atoms with van der Waals surface area (Å²) in [7, 11) is 0. The first-order valence-electron chi connectivity index (χ1n) is 17.8. The van der Waals surface area contributed by atoms with E-state index in [1.807, 2.05) is 0 Å². The van der Waals surface area contributed by atoms with Gasteiger partial charge in [-0.15, -0.1) is 0 Å². The van der Waals surface area contributed by atoms with Crippen LogP contribution in [0, 0.1) is 0 Å². The first kappa shape index (κ1) is 45.9. The molecular weight excluding hydrogens is 783 g/mol. The second-order valence-electron chi connectivity index (χ2n) is 13.1. The molecule has 3 aromatic rings. The zero-order valence-corrected chi connectivity index (χ0v) is 31.8. The molecule has 0 saturated carbocycles. The average Bonchev–Trinajstić information content (AvgIpc) is 3.58. The number of rotatable bonds is 24. The Bertz CT molecular complexity index is 1980. The third-order valence-corrected chi connectivity index (χ3v) is 9.10. The van der Waals surface area contributed by atoms with Crippen LogP contribution in [-0.2, 0) is 56.0 Å². The Morgan fingerprint density at radius 3 is 1.62 bits per heavy atom. The maximum Gasteiger partial charge on any atom is 0.326 e. The number of H-pyrrole nitrogens is 1. The highest BCUT2D eigenvalue weighted by atomic mass is 32.1. The first-order chi connectivity index (χ1) is 27.5. The van der Waals surface area contributed by atoms with Crippen molar-refractivity contribution < 1.29 is 63.6 Å². The average molecular weight is 828 g/mol. The lowest BCUT2D eigenvalue weighted by Gasteiger charge is -2.26. The fourth-order valence-corrected chi connectivity index (χ4v) is 5.95. The number of carboxylic acid groups (broad SMARTS) is 4. The van der Waals surface area contributed by atoms with Gasteiger partial charge in [-0.25, -0.2) is 4.79 Å². The number of aromatic amines is 1. The first-order valence-corrected chi connectivity index (χ1v) is 18.5. The molecule has 0 aliphatic rings. The highest BCUT2D eigenvalue weighted by Crippen LogP contribution is 2.19. The number of aliphatic carboxylic acids is 4. The summed E-state index contributed by atoms with van der Waals surface area (Å²) in [6.07, 6.45) is -1.83. The molecular formula is C37H45N7O13S. The van der Waals surface area contributed by atoms with E-state index in [0.717, 1.165) is 5.52 Å². The van der Waals surface area contributed by atoms with Crippen molar-refractivity contribution >= 4 is 76.9 Å². The molecule has 6 atom stereocenters. The van der Waals surface area contributed by atoms with E-state index < -0.39 is 122 Å². The maximum atomic E-state index is 13.8. The van der Waals surface area contributed by atoms with E-state index in [0.29, 0.717) is 16.5 Å². The standard InChI is InChI=1S/C37H45N7O13S/c38-22(16-31(49)50)32(51)40-24(10-12-29(45)46)33(52)41-25(11-13-30(47)48)34(53)44-28(18-58)36(55)42-26(15-20-17-39-23-9-5-4-8-21(20)23)35(54)43-27(37(56)57)14-19-6-2-1-3-7-19/h1-9,17,22,24-28,39,58H,10-16,18,38H2,(H,40,51)(H,41,52)(H,42,55)(H,43,54)(H,44,53)(H,45,46)(H,47,48)(H,49,50)(H,56,57)/t22-,24-,25-,26-,27-,28-/m0/s1. The predicted octanol–water partition coefficient (Wildman–Crippen LogP) is -1.08. The topological polar surface area (TPSA) is 337 Å². The van der Waals surface area contributed by atoms with Crippen molar-refractivity contribution in [1.29, 1.82) is 0 Å². The fraction of sp³-hybridized carbons (Fsp3) is 0.378. The summed E-state index contributed by atoms with van der Waals surface area (Å²) in [5.74, 6) is -11.1. The largest absolute Gasteiger partial charge is 0.481 e. The number of fused-ring (bicyclic) bond motifs is 1. The Labute approximate surface area is 336 Å². The van der Waals surface area contributed by atoms with Gasteiger partial charge in [-0.2, -0.15) is 12.6 Å². The van der Waals surface area contributed by atoms with Gasteiger partial charge in [0.15, 0.2) is 0 Å². The number of carbonyl (C=O) groups excluding carboxylic acids is 5. The van der Waals surface area contributed by atoms with Gasteiger partial charge in [0.05, 0.1) is 12.5 Å². The van der Waals surface area contributed by atoms with Crippen LogP contribution in [-0.4, -0.2) is 121 Å². The Balaban J connectivity index is 1.84. The highest BCUT2D eigenvalue weighted by Gasteiger charge is 2.33. The lowest BCUT2D eigenvalue weighted by molar-refractivity contribution is -0.142. The van der Waals surface area contributed by atoms with Crippen molar-refractivity contribution in [3.05, 3.63) is 71.9 Å². The maximum absolute atomic E-state index is 13.8. The zero-order chi connectivity index (χ0) is 42.9. The summed E-state index contributed by atoms with van der Waals surface area (Å²) in [5, 5.41) is 49.9. The second-order valence-corrected chi connectivity index (χ2v) is 13.5. The summed E-state index contributed by atoms with van der Waals surface area (Å²) >= 11 is 4.17. The quantitative estimate of drug-likeness (QED) is 0.0479. The molecule has 2 aromatic carbocycles. The Morgan fingerprint density at radius 2 is 1.07 bits per heavy atom. The van der Waals surface area contributed by atoms with E-state index in [-0.39, 0.29) is 18.6 Å². The number of thiol groups is 1. The number of nitrogens with one attached hydrogen (secondary N) is 6. The van der Waals surface area contributed by atoms with Gasteiger partial charge in [-0.3, -0.25) is 38.4 Å². The number of amides is 5. The molecule has 312 valence electrons. The fourth-order valence-electron chi connectivity index (χ4n) is 5.70. The van der Waals surface area contributed by atoms with Crippen molar-refractivity contribution in [2.24, 2.45) is 5.73 Å². The number of benzene rings is 2. The van der Waals surface area contributed by atoms with Crippen LogP contribution in [0.15, 0.2) is 60.8 Å². The summed E-state index contributed by atoms with van der Waals surface area (Å²) in [4.78, 5) is 116. The van der Waals surface area contributed by atoms with E-state index in [4.69, 9.17) is 15.9 Å². The molecule has 5 amide bonds. The van der Waals surface area contributed by atoms with Crippen LogP contribution in [0.4, 0.5) is 0 Å². The van der Waals surface area contributed by atoms with Crippen LogP contribution >= 0.6 is 12.6 Å². The second kappa shape index (κ2) is 22.3. The summed E-state index contributed by atoms with van der Waals surface area (Å²) in [6.45, 7) is 0. The minimum Gasteiger partial charge on any atom is -0.481 e. The minimum absolute atomic E-state index is 0.0789. The Morgan fingerprint density at radius 1 is 0.586 bits per heavy atom. The van der Waals surface area contributed by atoms with Crippen LogP contribution < -0.4 is 32.3 Å². The van der Waals surface area contributed by atoms with Crippen LogP contribution in [0.25, 0.3) is 10.9 Å². The van der Waals surface area contributed by atoms with E-state index in [1.165, 1.54) is 0 Å². The van der Waals surface area contributed by atoms with Crippen molar-refractivity contribution in [3.8, 4) is 0 Å².